The molecule has 1 saturated carbocycles. The van der Waals surface area contributed by atoms with E-state index in [1.54, 1.807) is 12.1 Å². The second-order valence-corrected chi connectivity index (χ2v) is 10.3. The SMILES string of the molecule is CC[C@@H](NS(C)(=O)=O)[C@@H]1CCN1C(=O)[C@@H]1C[C@@]1(F)c1ccccc1-c1c(F)cccc1F. The molecule has 0 unspecified atom stereocenters. The number of hydrogen-bond donors (Lipinski definition) is 1. The lowest BCUT2D eigenvalue weighted by molar-refractivity contribution is -0.142. The molecule has 1 amide bonds. The molecule has 2 aliphatic rings. The smallest absolute Gasteiger partial charge is 0.229 e. The van der Waals surface area contributed by atoms with Crippen molar-refractivity contribution in [1.82, 2.24) is 9.62 Å². The minimum absolute atomic E-state index is 0.0840. The van der Waals surface area contributed by atoms with E-state index in [0.29, 0.717) is 19.4 Å². The minimum atomic E-state index is -3.45. The summed E-state index contributed by atoms with van der Waals surface area (Å²) in [5.41, 5.74) is -2.18. The Morgan fingerprint density at radius 2 is 1.84 bits per heavy atom. The van der Waals surface area contributed by atoms with Gasteiger partial charge in [0.25, 0.3) is 0 Å². The van der Waals surface area contributed by atoms with Crippen LogP contribution in [0.2, 0.25) is 0 Å². The van der Waals surface area contributed by atoms with E-state index in [-0.39, 0.29) is 29.2 Å². The second-order valence-electron chi connectivity index (χ2n) is 8.55. The van der Waals surface area contributed by atoms with Gasteiger partial charge in [0.05, 0.1) is 17.7 Å². The van der Waals surface area contributed by atoms with Gasteiger partial charge in [-0.2, -0.15) is 0 Å². The van der Waals surface area contributed by atoms with Gasteiger partial charge in [-0.3, -0.25) is 4.79 Å². The number of benzene rings is 2. The summed E-state index contributed by atoms with van der Waals surface area (Å²) in [6.45, 7) is 2.24. The Morgan fingerprint density at radius 3 is 2.41 bits per heavy atom. The second kappa shape index (κ2) is 8.19. The van der Waals surface area contributed by atoms with E-state index in [2.05, 4.69) is 4.72 Å². The molecule has 32 heavy (non-hydrogen) atoms. The van der Waals surface area contributed by atoms with Crippen LogP contribution < -0.4 is 4.72 Å². The van der Waals surface area contributed by atoms with Crippen molar-refractivity contribution in [3.05, 3.63) is 59.7 Å². The van der Waals surface area contributed by atoms with E-state index >= 15 is 4.39 Å². The number of halogens is 3. The number of likely N-dealkylation sites (tertiary alicyclic amines) is 1. The van der Waals surface area contributed by atoms with Crippen molar-refractivity contribution in [3.63, 3.8) is 0 Å². The van der Waals surface area contributed by atoms with Crippen LogP contribution in [-0.2, 0) is 20.5 Å². The van der Waals surface area contributed by atoms with Crippen molar-refractivity contribution in [1.29, 1.82) is 0 Å². The largest absolute Gasteiger partial charge is 0.338 e. The van der Waals surface area contributed by atoms with Crippen molar-refractivity contribution < 1.29 is 26.4 Å². The number of rotatable bonds is 7. The maximum Gasteiger partial charge on any atom is 0.229 e. The van der Waals surface area contributed by atoms with E-state index in [1.807, 2.05) is 6.92 Å². The topological polar surface area (TPSA) is 66.5 Å². The van der Waals surface area contributed by atoms with Gasteiger partial charge < -0.3 is 4.90 Å². The van der Waals surface area contributed by atoms with Gasteiger partial charge in [-0.25, -0.2) is 26.3 Å². The molecule has 1 aliphatic carbocycles. The quantitative estimate of drug-likeness (QED) is 0.676. The van der Waals surface area contributed by atoms with Gasteiger partial charge in [0.1, 0.15) is 17.3 Å². The fourth-order valence-corrected chi connectivity index (χ4v) is 5.52. The van der Waals surface area contributed by atoms with Crippen LogP contribution in [0.4, 0.5) is 13.2 Å². The summed E-state index contributed by atoms with van der Waals surface area (Å²) in [4.78, 5) is 14.6. The molecule has 5 nitrogen and oxygen atoms in total. The molecule has 0 bridgehead atoms. The summed E-state index contributed by atoms with van der Waals surface area (Å²) < 4.78 is 70.6. The van der Waals surface area contributed by atoms with Crippen LogP contribution in [0.3, 0.4) is 0 Å². The predicted octanol–water partition coefficient (Wildman–Crippen LogP) is 3.75. The first-order valence-electron chi connectivity index (χ1n) is 10.6. The zero-order chi connectivity index (χ0) is 23.3. The summed E-state index contributed by atoms with van der Waals surface area (Å²) in [6, 6.07) is 8.73. The number of nitrogens with one attached hydrogen (secondary N) is 1. The zero-order valence-electron chi connectivity index (χ0n) is 17.8. The molecule has 0 spiro atoms. The number of amides is 1. The Morgan fingerprint density at radius 1 is 1.19 bits per heavy atom. The average Bonchev–Trinajstić information content (AvgIpc) is 3.38. The van der Waals surface area contributed by atoms with Gasteiger partial charge in [-0.05, 0) is 36.1 Å². The number of sulfonamides is 1. The fraction of sp³-hybridized carbons (Fsp3) is 0.435. The summed E-state index contributed by atoms with van der Waals surface area (Å²) in [5.74, 6) is -2.98. The number of carbonyl (C=O) groups excluding carboxylic acids is 1. The van der Waals surface area contributed by atoms with Gasteiger partial charge in [0.15, 0.2) is 0 Å². The van der Waals surface area contributed by atoms with E-state index < -0.39 is 45.2 Å². The van der Waals surface area contributed by atoms with Gasteiger partial charge in [-0.1, -0.05) is 37.3 Å². The van der Waals surface area contributed by atoms with Gasteiger partial charge >= 0.3 is 0 Å². The van der Waals surface area contributed by atoms with E-state index in [4.69, 9.17) is 0 Å². The highest BCUT2D eigenvalue weighted by atomic mass is 32.2. The Labute approximate surface area is 185 Å². The molecule has 4 rings (SSSR count). The minimum Gasteiger partial charge on any atom is -0.338 e. The van der Waals surface area contributed by atoms with Crippen molar-refractivity contribution in [2.45, 2.75) is 43.9 Å². The maximum atomic E-state index is 16.0. The third-order valence-corrected chi connectivity index (χ3v) is 7.15. The molecule has 1 aliphatic heterocycles. The van der Waals surface area contributed by atoms with Gasteiger partial charge in [0.2, 0.25) is 15.9 Å². The molecule has 1 N–H and O–H groups in total. The van der Waals surface area contributed by atoms with E-state index in [0.717, 1.165) is 18.4 Å². The molecule has 0 aromatic heterocycles. The highest BCUT2D eigenvalue weighted by molar-refractivity contribution is 7.88. The molecule has 172 valence electrons. The molecule has 1 heterocycles. The molecular weight excluding hydrogens is 441 g/mol. The lowest BCUT2D eigenvalue weighted by atomic mass is 9.91. The van der Waals surface area contributed by atoms with Crippen LogP contribution in [0.15, 0.2) is 42.5 Å². The van der Waals surface area contributed by atoms with Crippen LogP contribution in [-0.4, -0.2) is 44.1 Å². The molecule has 2 fully saturated rings. The first-order chi connectivity index (χ1) is 15.1. The number of nitrogens with zero attached hydrogens (tertiary/aromatic N) is 1. The highest BCUT2D eigenvalue weighted by Gasteiger charge is 2.63. The number of hydrogen-bond acceptors (Lipinski definition) is 3. The van der Waals surface area contributed by atoms with Crippen LogP contribution in [0.1, 0.15) is 31.7 Å². The number of alkyl halides is 1. The third kappa shape index (κ3) is 4.03. The lowest BCUT2D eigenvalue weighted by Crippen LogP contribution is -2.61. The summed E-state index contributed by atoms with van der Waals surface area (Å²) in [7, 11) is -3.45. The van der Waals surface area contributed by atoms with Crippen molar-refractivity contribution in [2.75, 3.05) is 12.8 Å². The van der Waals surface area contributed by atoms with Crippen LogP contribution in [0.25, 0.3) is 11.1 Å². The Balaban J connectivity index is 1.59. The number of carbonyl (C=O) groups is 1. The van der Waals surface area contributed by atoms with Crippen LogP contribution >= 0.6 is 0 Å². The molecule has 1 saturated heterocycles. The van der Waals surface area contributed by atoms with Crippen LogP contribution in [0, 0.1) is 17.6 Å². The molecule has 9 heteroatoms. The maximum absolute atomic E-state index is 16.0. The summed E-state index contributed by atoms with van der Waals surface area (Å²) >= 11 is 0. The standard InChI is InChI=1S/C23H25F3N2O3S/c1-3-19(27-32(2,30)31)20-11-12-28(20)22(29)16-13-23(16,26)15-8-5-4-7-14(15)21-17(24)9-6-10-18(21)25/h4-10,16,19-20,27H,3,11-13H2,1-2H3/t16-,19+,20-,23+/m0/s1. The highest BCUT2D eigenvalue weighted by Crippen LogP contribution is 2.59. The Bertz CT molecular complexity index is 1140. The first-order valence-corrected chi connectivity index (χ1v) is 12.5. The molecule has 0 radical (unpaired) electrons. The average molecular weight is 467 g/mol. The Hall–Kier alpha value is -2.39. The van der Waals surface area contributed by atoms with Crippen LogP contribution in [0.5, 0.6) is 0 Å². The molecule has 2 aromatic rings. The summed E-state index contributed by atoms with van der Waals surface area (Å²) in [5, 5.41) is 0. The fourth-order valence-electron chi connectivity index (χ4n) is 4.65. The van der Waals surface area contributed by atoms with E-state index in [1.165, 1.54) is 23.1 Å². The van der Waals surface area contributed by atoms with E-state index in [9.17, 15) is 22.0 Å². The van der Waals surface area contributed by atoms with Gasteiger partial charge in [-0.15, -0.1) is 0 Å². The lowest BCUT2D eigenvalue weighted by Gasteiger charge is -2.45. The van der Waals surface area contributed by atoms with Crippen molar-refractivity contribution in [3.8, 4) is 11.1 Å². The first kappa shape index (κ1) is 22.8. The Kier molecular flexibility index (Phi) is 5.83. The predicted molar refractivity (Wildman–Crippen MR) is 115 cm³/mol. The summed E-state index contributed by atoms with van der Waals surface area (Å²) in [6.07, 6.45) is 2.09. The third-order valence-electron chi connectivity index (χ3n) is 6.42. The normalized spacial score (nSPS) is 25.8. The molecular formula is C23H25F3N2O3S. The zero-order valence-corrected chi connectivity index (χ0v) is 18.6. The monoisotopic (exact) mass is 466 g/mol. The molecule has 2 aromatic carbocycles. The van der Waals surface area contributed by atoms with Crippen molar-refractivity contribution in [2.24, 2.45) is 5.92 Å². The molecule has 4 atom stereocenters. The van der Waals surface area contributed by atoms with Gasteiger partial charge in [0, 0.05) is 25.0 Å². The van der Waals surface area contributed by atoms with Crippen molar-refractivity contribution >= 4 is 15.9 Å².